The molecule has 1 aromatic carbocycles. The summed E-state index contributed by atoms with van der Waals surface area (Å²) in [6.45, 7) is 12.6. The van der Waals surface area contributed by atoms with Crippen LogP contribution in [0.25, 0.3) is 0 Å². The van der Waals surface area contributed by atoms with Gasteiger partial charge in [0.25, 0.3) is 0 Å². The van der Waals surface area contributed by atoms with Gasteiger partial charge in [-0.25, -0.2) is 4.79 Å². The van der Waals surface area contributed by atoms with Crippen LogP contribution >= 0.6 is 0 Å². The van der Waals surface area contributed by atoms with Crippen LogP contribution in [0.15, 0.2) is 12.1 Å². The molecule has 1 rings (SSSR count). The maximum Gasteiger partial charge on any atom is 1.00 e. The first-order valence-corrected chi connectivity index (χ1v) is 6.88. The Balaban J connectivity index is 0.00000400. The van der Waals surface area contributed by atoms with Crippen LogP contribution in [0.2, 0.25) is 0 Å². The Hall–Kier alpha value is -0.713. The van der Waals surface area contributed by atoms with E-state index < -0.39 is 5.97 Å². The molecule has 0 aliphatic rings. The van der Waals surface area contributed by atoms with Crippen molar-refractivity contribution in [3.8, 4) is 0 Å². The second-order valence-electron chi connectivity index (χ2n) is 5.94. The van der Waals surface area contributed by atoms with E-state index in [9.17, 15) is 4.79 Å². The zero-order chi connectivity index (χ0) is 15.4. The SMILES string of the molecule is [2H][CH-]OC(=O)c1c(C(C)C)cc(C(C)C)cc1C(C)C.[Li+]. The van der Waals surface area contributed by atoms with E-state index in [1.807, 2.05) is 0 Å². The number of benzene rings is 1. The first-order valence-electron chi connectivity index (χ1n) is 7.46. The van der Waals surface area contributed by atoms with Crippen LogP contribution in [-0.4, -0.2) is 5.97 Å². The van der Waals surface area contributed by atoms with Gasteiger partial charge in [-0.3, -0.25) is 0 Å². The van der Waals surface area contributed by atoms with Crippen molar-refractivity contribution in [2.24, 2.45) is 0 Å². The van der Waals surface area contributed by atoms with Crippen LogP contribution < -0.4 is 18.9 Å². The number of carbonyl (C=O) groups is 1. The molecule has 0 radical (unpaired) electrons. The van der Waals surface area contributed by atoms with Gasteiger partial charge in [0.1, 0.15) is 0 Å². The van der Waals surface area contributed by atoms with Crippen LogP contribution in [0.1, 0.15) is 87.7 Å². The fourth-order valence-corrected chi connectivity index (χ4v) is 2.25. The fraction of sp³-hybridized carbons (Fsp3) is 0.529. The fourth-order valence-electron chi connectivity index (χ4n) is 2.25. The van der Waals surface area contributed by atoms with Crippen molar-refractivity contribution in [2.45, 2.75) is 59.3 Å². The average Bonchev–Trinajstić information content (AvgIpc) is 2.36. The first-order chi connectivity index (χ1) is 9.29. The maximum absolute atomic E-state index is 12.2. The number of esters is 1. The molecule has 0 fully saturated rings. The molecule has 0 saturated heterocycles. The summed E-state index contributed by atoms with van der Waals surface area (Å²) in [5, 5.41) is 0. The summed E-state index contributed by atoms with van der Waals surface area (Å²) in [5.74, 6) is 0.458. The van der Waals surface area contributed by atoms with Crippen LogP contribution in [0.3, 0.4) is 0 Å². The molecule has 20 heavy (non-hydrogen) atoms. The van der Waals surface area contributed by atoms with Gasteiger partial charge in [-0.15, -0.1) is 0 Å². The Morgan fingerprint density at radius 1 is 1.05 bits per heavy atom. The van der Waals surface area contributed by atoms with Gasteiger partial charge < -0.3 is 4.74 Å². The molecule has 0 aliphatic carbocycles. The quantitative estimate of drug-likeness (QED) is 0.464. The van der Waals surface area contributed by atoms with E-state index in [1.54, 1.807) is 0 Å². The number of hydrogen-bond donors (Lipinski definition) is 0. The molecule has 0 heterocycles. The van der Waals surface area contributed by atoms with E-state index in [2.05, 4.69) is 53.7 Å². The largest absolute Gasteiger partial charge is 1.00 e. The zero-order valence-corrected chi connectivity index (χ0v) is 13.8. The molecule has 0 spiro atoms. The molecule has 0 saturated carbocycles. The van der Waals surface area contributed by atoms with Gasteiger partial charge in [0.05, 0.1) is 5.56 Å². The third-order valence-electron chi connectivity index (χ3n) is 3.44. The van der Waals surface area contributed by atoms with Crippen molar-refractivity contribution in [3.05, 3.63) is 41.5 Å². The zero-order valence-electron chi connectivity index (χ0n) is 14.8. The molecule has 0 unspecified atom stereocenters. The summed E-state index contributed by atoms with van der Waals surface area (Å²) >= 11 is 0. The Morgan fingerprint density at radius 2 is 1.50 bits per heavy atom. The van der Waals surface area contributed by atoms with Gasteiger partial charge >= 0.3 is 24.8 Å². The number of hydrogen-bond acceptors (Lipinski definition) is 2. The Kier molecular flexibility index (Phi) is 6.86. The van der Waals surface area contributed by atoms with Crippen molar-refractivity contribution in [1.29, 1.82) is 0 Å². The molecule has 2 nitrogen and oxygen atoms in total. The van der Waals surface area contributed by atoms with Crippen LogP contribution in [0.5, 0.6) is 0 Å². The van der Waals surface area contributed by atoms with Gasteiger partial charge in [-0.05, 0) is 34.4 Å². The monoisotopic (exact) mass is 269 g/mol. The van der Waals surface area contributed by atoms with Crippen molar-refractivity contribution in [2.75, 3.05) is 0 Å². The topological polar surface area (TPSA) is 26.3 Å². The second kappa shape index (κ2) is 7.91. The predicted molar refractivity (Wildman–Crippen MR) is 79.5 cm³/mol. The summed E-state index contributed by atoms with van der Waals surface area (Å²) in [6, 6.07) is 4.20. The summed E-state index contributed by atoms with van der Waals surface area (Å²) in [4.78, 5) is 12.2. The van der Waals surface area contributed by atoms with Crippen LogP contribution in [0.4, 0.5) is 0 Å². The minimum atomic E-state index is -0.428. The number of ether oxygens (including phenoxy) is 1. The molecule has 106 valence electrons. The van der Waals surface area contributed by atoms with Gasteiger partial charge in [0.15, 0.2) is 0 Å². The van der Waals surface area contributed by atoms with E-state index in [0.29, 0.717) is 18.6 Å². The third-order valence-corrected chi connectivity index (χ3v) is 3.44. The second-order valence-corrected chi connectivity index (χ2v) is 5.94. The van der Waals surface area contributed by atoms with E-state index in [4.69, 9.17) is 6.11 Å². The molecule has 0 N–H and O–H groups in total. The Morgan fingerprint density at radius 3 is 1.80 bits per heavy atom. The first kappa shape index (κ1) is 17.3. The Bertz CT molecular complexity index is 453. The smallest absolute Gasteiger partial charge is 0.637 e. The number of rotatable bonds is 5. The molecule has 0 atom stereocenters. The maximum atomic E-state index is 12.2. The van der Waals surface area contributed by atoms with Gasteiger partial charge in [0.2, 0.25) is 0 Å². The molecule has 0 aromatic heterocycles. The average molecular weight is 269 g/mol. The van der Waals surface area contributed by atoms with Crippen molar-refractivity contribution in [3.63, 3.8) is 0 Å². The molecule has 0 amide bonds. The van der Waals surface area contributed by atoms with Crippen molar-refractivity contribution >= 4 is 5.97 Å². The molecule has 0 bridgehead atoms. The van der Waals surface area contributed by atoms with Gasteiger partial charge in [0, 0.05) is 0 Å². The summed E-state index contributed by atoms with van der Waals surface area (Å²) in [5.41, 5.74) is 3.88. The Labute approximate surface area is 136 Å². The van der Waals surface area contributed by atoms with Crippen molar-refractivity contribution in [1.82, 2.24) is 0 Å². The van der Waals surface area contributed by atoms with Crippen LogP contribution in [-0.2, 0) is 4.74 Å². The standard InChI is InChI=1S/C17H25O2.Li/c1-10(2)13-8-14(11(3)4)16(17(18)19-7)15(9-13)12(5)6;/h8-12H,7H2,1-6H3;/q-1;+1/i7D;. The predicted octanol–water partition coefficient (Wildman–Crippen LogP) is 2.01. The van der Waals surface area contributed by atoms with E-state index >= 15 is 0 Å². The van der Waals surface area contributed by atoms with Gasteiger partial charge in [-0.2, -0.15) is 8.46 Å². The molecular formula is C17H25LiO2. The summed E-state index contributed by atoms with van der Waals surface area (Å²) in [7, 11) is 0.701. The van der Waals surface area contributed by atoms with E-state index in [-0.39, 0.29) is 30.7 Å². The molecular weight excluding hydrogens is 243 g/mol. The van der Waals surface area contributed by atoms with Crippen LogP contribution in [0, 0.1) is 7.09 Å². The number of carbonyl (C=O) groups excluding carboxylic acids is 1. The normalized spacial score (nSPS) is 11.6. The third kappa shape index (κ3) is 4.14. The van der Waals surface area contributed by atoms with Crippen molar-refractivity contribution < 1.29 is 29.8 Å². The van der Waals surface area contributed by atoms with Gasteiger partial charge in [-0.1, -0.05) is 53.7 Å². The van der Waals surface area contributed by atoms with E-state index in [0.717, 1.165) is 11.1 Å². The minimum Gasteiger partial charge on any atom is -0.637 e. The molecule has 3 heteroatoms. The minimum absolute atomic E-state index is 0. The summed E-state index contributed by atoms with van der Waals surface area (Å²) < 4.78 is 11.8. The van der Waals surface area contributed by atoms with E-state index in [1.165, 1.54) is 5.56 Å². The molecule has 1 aromatic rings. The summed E-state index contributed by atoms with van der Waals surface area (Å²) in [6.07, 6.45) is 0. The molecule has 0 aliphatic heterocycles.